The lowest BCUT2D eigenvalue weighted by Crippen LogP contribution is -2.36. The van der Waals surface area contributed by atoms with Crippen LogP contribution < -0.4 is 5.32 Å². The molecule has 96 valence electrons. The first kappa shape index (κ1) is 14.2. The molecule has 1 rings (SSSR count). The van der Waals surface area contributed by atoms with Gasteiger partial charge in [0.05, 0.1) is 6.07 Å². The summed E-state index contributed by atoms with van der Waals surface area (Å²) in [4.78, 5) is 11.3. The fourth-order valence-electron chi connectivity index (χ4n) is 1.72. The van der Waals surface area contributed by atoms with Gasteiger partial charge in [-0.3, -0.25) is 4.79 Å². The zero-order chi connectivity index (χ0) is 13.8. The Bertz CT molecular complexity index is 484. The number of nitrogens with zero attached hydrogens (tertiary/aromatic N) is 1. The second-order valence-corrected chi connectivity index (χ2v) is 5.29. The molecule has 0 saturated carbocycles. The van der Waals surface area contributed by atoms with E-state index in [2.05, 4.69) is 51.2 Å². The summed E-state index contributed by atoms with van der Waals surface area (Å²) in [6.07, 6.45) is -0.0804. The Morgan fingerprint density at radius 2 is 2.00 bits per heavy atom. The number of carbonyl (C=O) groups is 1. The molecular formula is C15H20N2O. The summed E-state index contributed by atoms with van der Waals surface area (Å²) in [5.41, 5.74) is 3.58. The van der Waals surface area contributed by atoms with E-state index < -0.39 is 0 Å². The maximum Gasteiger partial charge on any atom is 0.234 e. The highest BCUT2D eigenvalue weighted by Crippen LogP contribution is 2.24. The van der Waals surface area contributed by atoms with Crippen molar-refractivity contribution >= 4 is 5.91 Å². The molecule has 3 heteroatoms. The minimum Gasteiger partial charge on any atom is -0.354 e. The van der Waals surface area contributed by atoms with Gasteiger partial charge >= 0.3 is 0 Å². The number of aryl methyl sites for hydroxylation is 2. The van der Waals surface area contributed by atoms with E-state index in [0.29, 0.717) is 6.54 Å². The summed E-state index contributed by atoms with van der Waals surface area (Å²) in [6.45, 7) is 8.88. The van der Waals surface area contributed by atoms with Crippen molar-refractivity contribution in [3.8, 4) is 6.07 Å². The second-order valence-electron chi connectivity index (χ2n) is 5.29. The molecule has 3 nitrogen and oxygen atoms in total. The largest absolute Gasteiger partial charge is 0.354 e. The normalized spacial score (nSPS) is 10.8. The van der Waals surface area contributed by atoms with Crippen molar-refractivity contribution in [1.29, 1.82) is 5.26 Å². The monoisotopic (exact) mass is 244 g/mol. The van der Waals surface area contributed by atoms with Gasteiger partial charge in [0.1, 0.15) is 6.42 Å². The molecule has 0 aliphatic heterocycles. The van der Waals surface area contributed by atoms with E-state index in [1.54, 1.807) is 0 Å². The summed E-state index contributed by atoms with van der Waals surface area (Å²) >= 11 is 0. The second kappa shape index (κ2) is 5.68. The summed E-state index contributed by atoms with van der Waals surface area (Å²) in [6, 6.07) is 8.20. The van der Waals surface area contributed by atoms with Gasteiger partial charge in [0, 0.05) is 12.0 Å². The van der Waals surface area contributed by atoms with E-state index in [4.69, 9.17) is 5.26 Å². The fraction of sp³-hybridized carbons (Fsp3) is 0.467. The molecule has 1 aromatic carbocycles. The Kier molecular flexibility index (Phi) is 4.49. The molecule has 0 spiro atoms. The lowest BCUT2D eigenvalue weighted by molar-refractivity contribution is -0.120. The number of hydrogen-bond donors (Lipinski definition) is 1. The molecule has 0 bridgehead atoms. The van der Waals surface area contributed by atoms with Gasteiger partial charge in [0.15, 0.2) is 0 Å². The maximum absolute atomic E-state index is 11.3. The average Bonchev–Trinajstić information content (AvgIpc) is 2.30. The zero-order valence-corrected chi connectivity index (χ0v) is 11.5. The lowest BCUT2D eigenvalue weighted by atomic mass is 9.83. The number of carbonyl (C=O) groups excluding carboxylic acids is 1. The Labute approximate surface area is 109 Å². The van der Waals surface area contributed by atoms with Crippen molar-refractivity contribution in [2.24, 2.45) is 0 Å². The van der Waals surface area contributed by atoms with E-state index in [1.165, 1.54) is 16.7 Å². The predicted octanol–water partition coefficient (Wildman–Crippen LogP) is 2.61. The molecule has 0 heterocycles. The van der Waals surface area contributed by atoms with E-state index in [0.717, 1.165) is 0 Å². The van der Waals surface area contributed by atoms with Gasteiger partial charge in [-0.15, -0.1) is 0 Å². The Morgan fingerprint density at radius 1 is 1.33 bits per heavy atom. The van der Waals surface area contributed by atoms with Crippen molar-refractivity contribution in [3.63, 3.8) is 0 Å². The number of hydrogen-bond acceptors (Lipinski definition) is 2. The van der Waals surface area contributed by atoms with Gasteiger partial charge in [0.25, 0.3) is 0 Å². The van der Waals surface area contributed by atoms with Gasteiger partial charge in [0.2, 0.25) is 5.91 Å². The number of benzene rings is 1. The molecule has 0 fully saturated rings. The molecule has 1 N–H and O–H groups in total. The fourth-order valence-corrected chi connectivity index (χ4v) is 1.72. The van der Waals surface area contributed by atoms with Crippen LogP contribution in [0.1, 0.15) is 37.0 Å². The van der Waals surface area contributed by atoms with Crippen LogP contribution in [0, 0.1) is 25.2 Å². The third-order valence-electron chi connectivity index (χ3n) is 3.26. The van der Waals surface area contributed by atoms with Gasteiger partial charge in [-0.25, -0.2) is 0 Å². The van der Waals surface area contributed by atoms with E-state index in [-0.39, 0.29) is 17.7 Å². The van der Waals surface area contributed by atoms with Crippen LogP contribution in [-0.2, 0) is 10.2 Å². The summed E-state index contributed by atoms with van der Waals surface area (Å²) in [5.74, 6) is -0.214. The van der Waals surface area contributed by atoms with Crippen molar-refractivity contribution in [2.75, 3.05) is 6.54 Å². The molecule has 1 amide bonds. The van der Waals surface area contributed by atoms with Crippen LogP contribution >= 0.6 is 0 Å². The smallest absolute Gasteiger partial charge is 0.234 e. The lowest BCUT2D eigenvalue weighted by Gasteiger charge is -2.26. The molecule has 0 aromatic heterocycles. The molecule has 18 heavy (non-hydrogen) atoms. The SMILES string of the molecule is Cc1ccc(C(C)(C)CNC(=O)CC#N)cc1C. The van der Waals surface area contributed by atoms with Crippen LogP contribution in [0.5, 0.6) is 0 Å². The first-order chi connectivity index (χ1) is 8.36. The summed E-state index contributed by atoms with van der Waals surface area (Å²) in [5, 5.41) is 11.2. The van der Waals surface area contributed by atoms with Crippen molar-refractivity contribution in [2.45, 2.75) is 39.5 Å². The zero-order valence-electron chi connectivity index (χ0n) is 11.5. The van der Waals surface area contributed by atoms with Gasteiger partial charge in [-0.2, -0.15) is 5.26 Å². The van der Waals surface area contributed by atoms with Crippen LogP contribution in [0.15, 0.2) is 18.2 Å². The highest BCUT2D eigenvalue weighted by molar-refractivity contribution is 5.78. The van der Waals surface area contributed by atoms with Crippen LogP contribution in [0.4, 0.5) is 0 Å². The minimum absolute atomic E-state index is 0.0804. The van der Waals surface area contributed by atoms with Gasteiger partial charge < -0.3 is 5.32 Å². The predicted molar refractivity (Wildman–Crippen MR) is 72.2 cm³/mol. The van der Waals surface area contributed by atoms with E-state index in [9.17, 15) is 4.79 Å². The molecule has 0 aliphatic carbocycles. The minimum atomic E-state index is -0.214. The van der Waals surface area contributed by atoms with Crippen molar-refractivity contribution < 1.29 is 4.79 Å². The summed E-state index contributed by atoms with van der Waals surface area (Å²) in [7, 11) is 0. The molecule has 0 radical (unpaired) electrons. The Balaban J connectivity index is 2.76. The topological polar surface area (TPSA) is 52.9 Å². The molecular weight excluding hydrogens is 224 g/mol. The standard InChI is InChI=1S/C15H20N2O/c1-11-5-6-13(9-12(11)2)15(3,4)10-17-14(18)7-8-16/h5-6,9H,7,10H2,1-4H3,(H,17,18). The average molecular weight is 244 g/mol. The third-order valence-corrected chi connectivity index (χ3v) is 3.26. The van der Waals surface area contributed by atoms with Crippen LogP contribution in [0.25, 0.3) is 0 Å². The Hall–Kier alpha value is -1.82. The number of nitriles is 1. The van der Waals surface area contributed by atoms with Crippen LogP contribution in [0.2, 0.25) is 0 Å². The highest BCUT2D eigenvalue weighted by atomic mass is 16.1. The van der Waals surface area contributed by atoms with Crippen LogP contribution in [-0.4, -0.2) is 12.5 Å². The third kappa shape index (κ3) is 3.59. The number of rotatable bonds is 4. The maximum atomic E-state index is 11.3. The number of nitrogens with one attached hydrogen (secondary N) is 1. The molecule has 0 atom stereocenters. The molecule has 0 saturated heterocycles. The molecule has 1 aromatic rings. The van der Waals surface area contributed by atoms with Gasteiger partial charge in [-0.05, 0) is 30.5 Å². The Morgan fingerprint density at radius 3 is 2.56 bits per heavy atom. The van der Waals surface area contributed by atoms with Gasteiger partial charge in [-0.1, -0.05) is 32.0 Å². The highest BCUT2D eigenvalue weighted by Gasteiger charge is 2.21. The molecule has 0 aliphatic rings. The van der Waals surface area contributed by atoms with Crippen molar-refractivity contribution in [1.82, 2.24) is 5.32 Å². The first-order valence-electron chi connectivity index (χ1n) is 6.08. The van der Waals surface area contributed by atoms with Crippen LogP contribution in [0.3, 0.4) is 0 Å². The summed E-state index contributed by atoms with van der Waals surface area (Å²) < 4.78 is 0. The first-order valence-corrected chi connectivity index (χ1v) is 6.08. The quantitative estimate of drug-likeness (QED) is 0.885. The number of amides is 1. The molecule has 0 unspecified atom stereocenters. The van der Waals surface area contributed by atoms with Crippen molar-refractivity contribution in [3.05, 3.63) is 34.9 Å². The van der Waals surface area contributed by atoms with E-state index >= 15 is 0 Å². The van der Waals surface area contributed by atoms with E-state index in [1.807, 2.05) is 6.07 Å².